The number of benzene rings is 3. The molecule has 0 aromatic heterocycles. The third kappa shape index (κ3) is 9.29. The third-order valence-electron chi connectivity index (χ3n) is 8.29. The monoisotopic (exact) mass is 613 g/mol. The van der Waals surface area contributed by atoms with Crippen LogP contribution in [0.2, 0.25) is 0 Å². The van der Waals surface area contributed by atoms with Crippen LogP contribution in [0.25, 0.3) is 0 Å². The van der Waals surface area contributed by atoms with Crippen molar-refractivity contribution in [3.8, 4) is 0 Å². The molecule has 2 saturated heterocycles. The fourth-order valence-electron chi connectivity index (χ4n) is 5.84. The van der Waals surface area contributed by atoms with Crippen LogP contribution in [0.5, 0.6) is 0 Å². The minimum Gasteiger partial charge on any atom is -0.462 e. The van der Waals surface area contributed by atoms with E-state index in [-0.39, 0.29) is 5.91 Å². The van der Waals surface area contributed by atoms with Crippen molar-refractivity contribution in [3.63, 3.8) is 0 Å². The Hall–Kier alpha value is -4.41. The molecule has 0 aliphatic carbocycles. The first-order valence-electron chi connectivity index (χ1n) is 15.8. The molecule has 0 atom stereocenters. The number of nitrogens with zero attached hydrogens (tertiary/aromatic N) is 2. The first-order chi connectivity index (χ1) is 22.0. The fourth-order valence-corrected chi connectivity index (χ4v) is 5.84. The molecule has 3 aromatic carbocycles. The van der Waals surface area contributed by atoms with E-state index in [0.717, 1.165) is 57.7 Å². The second-order valence-corrected chi connectivity index (χ2v) is 11.4. The van der Waals surface area contributed by atoms with Crippen LogP contribution in [0.1, 0.15) is 46.0 Å². The SMILES string of the molecule is CCOC(=O)c1ccc(NC(=O)Nc2ccc(N3CCC(Cc4ccccc4)CC3)c(C(=O)NCCN3CCOCC3)c2)cc1. The fraction of sp³-hybridized carbons (Fsp3) is 0.400. The van der Waals surface area contributed by atoms with Gasteiger partial charge in [0.2, 0.25) is 0 Å². The summed E-state index contributed by atoms with van der Waals surface area (Å²) in [6.45, 7) is 8.19. The first kappa shape index (κ1) is 32.0. The van der Waals surface area contributed by atoms with Gasteiger partial charge in [-0.3, -0.25) is 9.69 Å². The number of hydrogen-bond acceptors (Lipinski definition) is 7. The van der Waals surface area contributed by atoms with Gasteiger partial charge >= 0.3 is 12.0 Å². The molecule has 2 heterocycles. The summed E-state index contributed by atoms with van der Waals surface area (Å²) in [6, 6.07) is 22.1. The van der Waals surface area contributed by atoms with E-state index in [2.05, 4.69) is 50.0 Å². The molecular weight excluding hydrogens is 570 g/mol. The zero-order chi connectivity index (χ0) is 31.4. The Balaban J connectivity index is 1.24. The average molecular weight is 614 g/mol. The average Bonchev–Trinajstić information content (AvgIpc) is 3.06. The van der Waals surface area contributed by atoms with Crippen LogP contribution >= 0.6 is 0 Å². The molecule has 2 aliphatic heterocycles. The number of hydrogen-bond donors (Lipinski definition) is 3. The number of carbonyl (C=O) groups is 3. The normalized spacial score (nSPS) is 15.7. The number of morpholine rings is 1. The van der Waals surface area contributed by atoms with Gasteiger partial charge in [-0.05, 0) is 80.1 Å². The van der Waals surface area contributed by atoms with Crippen molar-refractivity contribution in [2.75, 3.05) is 74.6 Å². The molecule has 3 N–H and O–H groups in total. The summed E-state index contributed by atoms with van der Waals surface area (Å²) in [5, 5.41) is 8.73. The van der Waals surface area contributed by atoms with E-state index in [1.54, 1.807) is 37.3 Å². The topological polar surface area (TPSA) is 112 Å². The van der Waals surface area contributed by atoms with Crippen LogP contribution in [-0.4, -0.2) is 81.9 Å². The number of urea groups is 1. The molecule has 2 fully saturated rings. The predicted octanol–water partition coefficient (Wildman–Crippen LogP) is 5.03. The van der Waals surface area contributed by atoms with Gasteiger partial charge in [-0.2, -0.15) is 0 Å². The van der Waals surface area contributed by atoms with E-state index < -0.39 is 12.0 Å². The molecule has 10 nitrogen and oxygen atoms in total. The molecule has 238 valence electrons. The van der Waals surface area contributed by atoms with E-state index >= 15 is 0 Å². The molecule has 2 aliphatic rings. The zero-order valence-electron chi connectivity index (χ0n) is 25.9. The van der Waals surface area contributed by atoms with Gasteiger partial charge in [-0.25, -0.2) is 9.59 Å². The highest BCUT2D eigenvalue weighted by molar-refractivity contribution is 6.04. The lowest BCUT2D eigenvalue weighted by Gasteiger charge is -2.35. The number of piperidine rings is 1. The van der Waals surface area contributed by atoms with Gasteiger partial charge in [0.15, 0.2) is 0 Å². The number of nitrogens with one attached hydrogen (secondary N) is 3. The Bertz CT molecular complexity index is 1420. The second kappa shape index (κ2) is 16.1. The molecule has 5 rings (SSSR count). The van der Waals surface area contributed by atoms with E-state index in [4.69, 9.17) is 9.47 Å². The predicted molar refractivity (Wildman–Crippen MR) is 176 cm³/mol. The Morgan fingerprint density at radius 1 is 0.867 bits per heavy atom. The van der Waals surface area contributed by atoms with Gasteiger partial charge in [-0.1, -0.05) is 30.3 Å². The van der Waals surface area contributed by atoms with Crippen LogP contribution < -0.4 is 20.9 Å². The van der Waals surface area contributed by atoms with Crippen LogP contribution in [0.15, 0.2) is 72.8 Å². The van der Waals surface area contributed by atoms with Crippen molar-refractivity contribution in [1.29, 1.82) is 0 Å². The summed E-state index contributed by atoms with van der Waals surface area (Å²) in [4.78, 5) is 42.9. The molecule has 3 aromatic rings. The van der Waals surface area contributed by atoms with E-state index in [1.807, 2.05) is 18.2 Å². The summed E-state index contributed by atoms with van der Waals surface area (Å²) >= 11 is 0. The van der Waals surface area contributed by atoms with Crippen molar-refractivity contribution >= 4 is 35.0 Å². The molecule has 3 amide bonds. The maximum Gasteiger partial charge on any atom is 0.338 e. The lowest BCUT2D eigenvalue weighted by Crippen LogP contribution is -2.41. The summed E-state index contributed by atoms with van der Waals surface area (Å²) in [5.74, 6) is 0.0264. The van der Waals surface area contributed by atoms with Gasteiger partial charge in [-0.15, -0.1) is 0 Å². The number of amides is 3. The van der Waals surface area contributed by atoms with Gasteiger partial charge in [0.1, 0.15) is 0 Å². The first-order valence-corrected chi connectivity index (χ1v) is 15.8. The van der Waals surface area contributed by atoms with Crippen LogP contribution in [0, 0.1) is 5.92 Å². The van der Waals surface area contributed by atoms with Crippen molar-refractivity contribution < 1.29 is 23.9 Å². The number of rotatable bonds is 11. The minimum absolute atomic E-state index is 0.164. The Labute approximate surface area is 265 Å². The van der Waals surface area contributed by atoms with Crippen molar-refractivity contribution in [1.82, 2.24) is 10.2 Å². The van der Waals surface area contributed by atoms with Gasteiger partial charge in [0.25, 0.3) is 5.91 Å². The molecule has 0 spiro atoms. The standard InChI is InChI=1S/C35H43N5O5/c1-2-45-34(42)28-8-10-29(11-9-28)37-35(43)38-30-12-13-32(31(25-30)33(41)36-16-19-39-20-22-44-23-21-39)40-17-14-27(15-18-40)24-26-6-4-3-5-7-26/h3-13,25,27H,2,14-24H2,1H3,(H,36,41)(H2,37,38,43). The lowest BCUT2D eigenvalue weighted by molar-refractivity contribution is 0.0383. The third-order valence-corrected chi connectivity index (χ3v) is 8.29. The molecule has 0 unspecified atom stereocenters. The maximum absolute atomic E-state index is 13.6. The lowest BCUT2D eigenvalue weighted by atomic mass is 9.89. The summed E-state index contributed by atoms with van der Waals surface area (Å²) in [6.07, 6.45) is 3.15. The molecule has 0 saturated carbocycles. The number of anilines is 3. The quantitative estimate of drug-likeness (QED) is 0.260. The van der Waals surface area contributed by atoms with Gasteiger partial charge in [0, 0.05) is 56.3 Å². The van der Waals surface area contributed by atoms with Crippen LogP contribution in [-0.2, 0) is 15.9 Å². The van der Waals surface area contributed by atoms with Crippen LogP contribution in [0.3, 0.4) is 0 Å². The minimum atomic E-state index is -0.452. The summed E-state index contributed by atoms with van der Waals surface area (Å²) in [7, 11) is 0. The van der Waals surface area contributed by atoms with Crippen molar-refractivity contribution in [2.45, 2.75) is 26.2 Å². The second-order valence-electron chi connectivity index (χ2n) is 11.4. The number of esters is 1. The van der Waals surface area contributed by atoms with E-state index in [9.17, 15) is 14.4 Å². The highest BCUT2D eigenvalue weighted by Gasteiger charge is 2.24. The Kier molecular flexibility index (Phi) is 11.4. The number of ether oxygens (including phenoxy) is 2. The number of carbonyl (C=O) groups excluding carboxylic acids is 3. The largest absolute Gasteiger partial charge is 0.462 e. The van der Waals surface area contributed by atoms with Crippen molar-refractivity contribution in [3.05, 3.63) is 89.5 Å². The Morgan fingerprint density at radius 3 is 2.27 bits per heavy atom. The van der Waals surface area contributed by atoms with E-state index in [0.29, 0.717) is 54.8 Å². The highest BCUT2D eigenvalue weighted by atomic mass is 16.5. The molecule has 45 heavy (non-hydrogen) atoms. The molecule has 10 heteroatoms. The van der Waals surface area contributed by atoms with Gasteiger partial charge in [0.05, 0.1) is 30.9 Å². The summed E-state index contributed by atoms with van der Waals surface area (Å²) in [5.41, 5.74) is 4.22. The summed E-state index contributed by atoms with van der Waals surface area (Å²) < 4.78 is 10.4. The Morgan fingerprint density at radius 2 is 1.56 bits per heavy atom. The highest BCUT2D eigenvalue weighted by Crippen LogP contribution is 2.30. The molecular formula is C35H43N5O5. The molecule has 0 bridgehead atoms. The maximum atomic E-state index is 13.6. The smallest absolute Gasteiger partial charge is 0.338 e. The molecule has 0 radical (unpaired) electrons. The van der Waals surface area contributed by atoms with Crippen molar-refractivity contribution in [2.24, 2.45) is 5.92 Å². The zero-order valence-corrected chi connectivity index (χ0v) is 25.9. The van der Waals surface area contributed by atoms with Crippen LogP contribution in [0.4, 0.5) is 21.9 Å². The van der Waals surface area contributed by atoms with E-state index in [1.165, 1.54) is 5.56 Å². The van der Waals surface area contributed by atoms with Gasteiger partial charge < -0.3 is 30.3 Å².